The number of hydrogen-bond acceptors (Lipinski definition) is 5. The third-order valence-corrected chi connectivity index (χ3v) is 5.84. The van der Waals surface area contributed by atoms with Gasteiger partial charge >= 0.3 is 0 Å². The van der Waals surface area contributed by atoms with Crippen LogP contribution in [0.5, 0.6) is 5.75 Å². The first kappa shape index (κ1) is 16.9. The van der Waals surface area contributed by atoms with Crippen molar-refractivity contribution in [1.29, 1.82) is 0 Å². The highest BCUT2D eigenvalue weighted by Gasteiger charge is 2.29. The van der Waals surface area contributed by atoms with E-state index in [1.165, 1.54) is 10.6 Å². The number of rotatable bonds is 5. The molecule has 130 valence electrons. The molecule has 1 N–H and O–H groups in total. The van der Waals surface area contributed by atoms with Gasteiger partial charge in [-0.25, -0.2) is 12.7 Å². The lowest BCUT2D eigenvalue weighted by molar-refractivity contribution is 0.125. The minimum atomic E-state index is -3.13. The number of aromatic amines is 1. The third-order valence-electron chi connectivity index (χ3n) is 4.50. The largest absolute Gasteiger partial charge is 0.489 e. The first-order valence-corrected chi connectivity index (χ1v) is 9.84. The molecule has 0 unspecified atom stereocenters. The van der Waals surface area contributed by atoms with Crippen LogP contribution in [0.3, 0.4) is 0 Å². The first-order chi connectivity index (χ1) is 11.4. The average molecular weight is 350 g/mol. The van der Waals surface area contributed by atoms with E-state index in [1.54, 1.807) is 19.4 Å². The molecule has 1 fully saturated rings. The van der Waals surface area contributed by atoms with E-state index in [-0.39, 0.29) is 12.1 Å². The Morgan fingerprint density at radius 3 is 2.50 bits per heavy atom. The molecule has 1 aliphatic rings. The molecular weight excluding hydrogens is 328 g/mol. The molecule has 0 bridgehead atoms. The Bertz CT molecular complexity index is 751. The van der Waals surface area contributed by atoms with Gasteiger partial charge in [-0.1, -0.05) is 0 Å². The van der Waals surface area contributed by atoms with Gasteiger partial charge in [-0.15, -0.1) is 0 Å². The zero-order valence-corrected chi connectivity index (χ0v) is 14.7. The second-order valence-electron chi connectivity index (χ2n) is 6.18. The van der Waals surface area contributed by atoms with Crippen molar-refractivity contribution in [2.75, 3.05) is 13.3 Å². The highest BCUT2D eigenvalue weighted by molar-refractivity contribution is 7.88. The van der Waals surface area contributed by atoms with Crippen molar-refractivity contribution in [3.63, 3.8) is 0 Å². The fourth-order valence-corrected chi connectivity index (χ4v) is 3.75. The molecule has 0 aromatic carbocycles. The van der Waals surface area contributed by atoms with E-state index in [1.807, 2.05) is 18.2 Å². The van der Waals surface area contributed by atoms with E-state index in [9.17, 15) is 8.42 Å². The van der Waals surface area contributed by atoms with Gasteiger partial charge in [0.25, 0.3) is 0 Å². The van der Waals surface area contributed by atoms with Crippen LogP contribution in [0.4, 0.5) is 0 Å². The summed E-state index contributed by atoms with van der Waals surface area (Å²) in [4.78, 5) is 4.38. The maximum Gasteiger partial charge on any atom is 0.211 e. The number of nitrogens with zero attached hydrogens (tertiary/aromatic N) is 3. The summed E-state index contributed by atoms with van der Waals surface area (Å²) in [5.74, 6) is 0.734. The molecule has 0 radical (unpaired) electrons. The molecule has 0 saturated heterocycles. The molecule has 1 aliphatic carbocycles. The van der Waals surface area contributed by atoms with Crippen LogP contribution in [0.1, 0.15) is 25.7 Å². The van der Waals surface area contributed by atoms with Crippen LogP contribution in [-0.2, 0) is 10.0 Å². The van der Waals surface area contributed by atoms with Crippen LogP contribution < -0.4 is 4.74 Å². The number of pyridine rings is 1. The average Bonchev–Trinajstić information content (AvgIpc) is 3.09. The minimum absolute atomic E-state index is 0.0701. The Kier molecular flexibility index (Phi) is 4.86. The molecule has 24 heavy (non-hydrogen) atoms. The molecule has 0 atom stereocenters. The number of aromatic nitrogens is 3. The van der Waals surface area contributed by atoms with Gasteiger partial charge in [-0.05, 0) is 43.9 Å². The maximum atomic E-state index is 11.6. The molecular formula is C16H22N4O3S. The summed E-state index contributed by atoms with van der Waals surface area (Å²) in [5.41, 5.74) is 1.68. The van der Waals surface area contributed by atoms with Gasteiger partial charge in [0, 0.05) is 19.3 Å². The molecule has 2 heterocycles. The van der Waals surface area contributed by atoms with Crippen LogP contribution in [-0.4, -0.2) is 53.4 Å². The third kappa shape index (κ3) is 3.93. The fourth-order valence-electron chi connectivity index (χ4n) is 3.00. The number of hydrogen-bond donors (Lipinski definition) is 1. The van der Waals surface area contributed by atoms with E-state index in [0.29, 0.717) is 0 Å². The molecule has 3 rings (SSSR count). The highest BCUT2D eigenvalue weighted by Crippen LogP contribution is 2.27. The van der Waals surface area contributed by atoms with E-state index in [0.717, 1.165) is 42.8 Å². The fraction of sp³-hybridized carbons (Fsp3) is 0.500. The van der Waals surface area contributed by atoms with Crippen molar-refractivity contribution in [3.8, 4) is 17.1 Å². The predicted octanol–water partition coefficient (Wildman–Crippen LogP) is 2.05. The SMILES string of the molecule is CN([C@H]1CC[C@H](Oc2ccc(-c3ccn[nH]3)nc2)CC1)S(C)(=O)=O. The van der Waals surface area contributed by atoms with Crippen molar-refractivity contribution in [2.24, 2.45) is 0 Å². The molecule has 1 saturated carbocycles. The van der Waals surface area contributed by atoms with E-state index in [4.69, 9.17) is 4.74 Å². The predicted molar refractivity (Wildman–Crippen MR) is 91.1 cm³/mol. The summed E-state index contributed by atoms with van der Waals surface area (Å²) in [6.07, 6.45) is 8.07. The molecule has 0 aliphatic heterocycles. The van der Waals surface area contributed by atoms with Gasteiger partial charge in [-0.2, -0.15) is 5.10 Å². The number of ether oxygens (including phenoxy) is 1. The Hall–Kier alpha value is -1.93. The van der Waals surface area contributed by atoms with Gasteiger partial charge in [-0.3, -0.25) is 10.1 Å². The van der Waals surface area contributed by atoms with Crippen LogP contribution >= 0.6 is 0 Å². The zero-order valence-electron chi connectivity index (χ0n) is 13.8. The molecule has 0 spiro atoms. The number of sulfonamides is 1. The normalized spacial score (nSPS) is 21.8. The standard InChI is InChI=1S/C16H22N4O3S/c1-20(24(2,21)22)12-3-5-13(6-4-12)23-14-7-8-15(17-11-14)16-9-10-18-19-16/h7-13H,3-6H2,1-2H3,(H,18,19)/t12-,13-. The smallest absolute Gasteiger partial charge is 0.211 e. The zero-order chi connectivity index (χ0) is 17.2. The lowest BCUT2D eigenvalue weighted by Gasteiger charge is -2.33. The molecule has 7 nitrogen and oxygen atoms in total. The quantitative estimate of drug-likeness (QED) is 0.892. The van der Waals surface area contributed by atoms with E-state index < -0.39 is 10.0 Å². The summed E-state index contributed by atoms with van der Waals surface area (Å²) >= 11 is 0. The van der Waals surface area contributed by atoms with Crippen molar-refractivity contribution in [1.82, 2.24) is 19.5 Å². The minimum Gasteiger partial charge on any atom is -0.489 e. The summed E-state index contributed by atoms with van der Waals surface area (Å²) in [5, 5.41) is 6.78. The lowest BCUT2D eigenvalue weighted by Crippen LogP contribution is -2.40. The van der Waals surface area contributed by atoms with Crippen molar-refractivity contribution in [2.45, 2.75) is 37.8 Å². The summed E-state index contributed by atoms with van der Waals surface area (Å²) in [6, 6.07) is 5.73. The van der Waals surface area contributed by atoms with E-state index in [2.05, 4.69) is 15.2 Å². The molecule has 2 aromatic rings. The van der Waals surface area contributed by atoms with Crippen molar-refractivity contribution < 1.29 is 13.2 Å². The van der Waals surface area contributed by atoms with Gasteiger partial charge in [0.2, 0.25) is 10.0 Å². The number of H-pyrrole nitrogens is 1. The van der Waals surface area contributed by atoms with Gasteiger partial charge in [0.15, 0.2) is 0 Å². The second kappa shape index (κ2) is 6.90. The maximum absolute atomic E-state index is 11.6. The van der Waals surface area contributed by atoms with Gasteiger partial charge < -0.3 is 4.74 Å². The van der Waals surface area contributed by atoms with Crippen LogP contribution in [0.25, 0.3) is 11.4 Å². The highest BCUT2D eigenvalue weighted by atomic mass is 32.2. The van der Waals surface area contributed by atoms with Crippen molar-refractivity contribution in [3.05, 3.63) is 30.6 Å². The van der Waals surface area contributed by atoms with E-state index >= 15 is 0 Å². The van der Waals surface area contributed by atoms with Crippen molar-refractivity contribution >= 4 is 10.0 Å². The Morgan fingerprint density at radius 1 is 1.21 bits per heavy atom. The first-order valence-electron chi connectivity index (χ1n) is 7.99. The topological polar surface area (TPSA) is 88.2 Å². The van der Waals surface area contributed by atoms with Crippen LogP contribution in [0.15, 0.2) is 30.6 Å². The summed E-state index contributed by atoms with van der Waals surface area (Å²) in [6.45, 7) is 0. The number of nitrogens with one attached hydrogen (secondary N) is 1. The molecule has 2 aromatic heterocycles. The Labute approximate surface area is 142 Å². The summed E-state index contributed by atoms with van der Waals surface area (Å²) < 4.78 is 30.7. The lowest BCUT2D eigenvalue weighted by atomic mass is 9.93. The molecule has 0 amide bonds. The van der Waals surface area contributed by atoms with Gasteiger partial charge in [0.05, 0.1) is 29.9 Å². The Morgan fingerprint density at radius 2 is 1.96 bits per heavy atom. The molecule has 8 heteroatoms. The Balaban J connectivity index is 1.55. The van der Waals surface area contributed by atoms with Gasteiger partial charge in [0.1, 0.15) is 5.75 Å². The second-order valence-corrected chi connectivity index (χ2v) is 8.22. The van der Waals surface area contributed by atoms with Crippen LogP contribution in [0.2, 0.25) is 0 Å². The monoisotopic (exact) mass is 350 g/mol. The van der Waals surface area contributed by atoms with Crippen LogP contribution in [0, 0.1) is 0 Å². The summed E-state index contributed by atoms with van der Waals surface area (Å²) in [7, 11) is -1.48.